The van der Waals surface area contributed by atoms with Crippen LogP contribution >= 0.6 is 0 Å². The fraction of sp³-hybridized carbons (Fsp3) is 0. The number of H-pyrrole nitrogens is 2. The van der Waals surface area contributed by atoms with E-state index in [1.165, 1.54) is 0 Å². The van der Waals surface area contributed by atoms with Crippen molar-refractivity contribution in [2.24, 2.45) is 0 Å². The fourth-order valence-corrected chi connectivity index (χ4v) is 5.52. The predicted molar refractivity (Wildman–Crippen MR) is 146 cm³/mol. The number of rotatable bonds is 2. The van der Waals surface area contributed by atoms with Crippen LogP contribution in [0.25, 0.3) is 65.7 Å². The van der Waals surface area contributed by atoms with Gasteiger partial charge in [0.05, 0.1) is 44.2 Å². The van der Waals surface area contributed by atoms with E-state index in [0.29, 0.717) is 11.1 Å². The number of aromatic nitrogens is 4. The lowest BCUT2D eigenvalue weighted by molar-refractivity contribution is 0.104. The number of aromatic amines is 2. The molecule has 0 bridgehead atoms. The van der Waals surface area contributed by atoms with E-state index in [0.717, 1.165) is 65.7 Å². The maximum Gasteiger partial charge on any atom is 0.198 e. The fourth-order valence-electron chi connectivity index (χ4n) is 5.52. The van der Waals surface area contributed by atoms with Crippen molar-refractivity contribution in [2.45, 2.75) is 0 Å². The van der Waals surface area contributed by atoms with Gasteiger partial charge in [0.15, 0.2) is 5.78 Å². The Balaban J connectivity index is 1.57. The quantitative estimate of drug-likeness (QED) is 0.265. The number of hydrogen-bond acceptors (Lipinski definition) is 3. The summed E-state index contributed by atoms with van der Waals surface area (Å²) in [5.41, 5.74) is 7.88. The number of ketones is 1. The molecule has 0 saturated carbocycles. The molecule has 0 aliphatic heterocycles. The number of carbonyl (C=O) groups excluding carboxylic acids is 1. The molecule has 36 heavy (non-hydrogen) atoms. The molecule has 0 aliphatic rings. The Hall–Kier alpha value is -5.03. The Kier molecular flexibility index (Phi) is 3.75. The van der Waals surface area contributed by atoms with E-state index < -0.39 is 0 Å². The molecule has 0 unspecified atom stereocenters. The number of nitrogens with zero attached hydrogens (tertiary/aromatic N) is 2. The molecule has 4 aromatic heterocycles. The van der Waals surface area contributed by atoms with Gasteiger partial charge in [-0.15, -0.1) is 0 Å². The van der Waals surface area contributed by atoms with Gasteiger partial charge in [-0.05, 0) is 24.3 Å². The first-order chi connectivity index (χ1) is 17.8. The third kappa shape index (κ3) is 2.51. The Labute approximate surface area is 204 Å². The summed E-state index contributed by atoms with van der Waals surface area (Å²) in [7, 11) is 0. The number of nitrogens with one attached hydrogen (secondary N) is 2. The topological polar surface area (TPSA) is 74.4 Å². The summed E-state index contributed by atoms with van der Waals surface area (Å²) in [6.07, 6.45) is 0. The van der Waals surface area contributed by atoms with Gasteiger partial charge in [-0.25, -0.2) is 9.97 Å². The molecule has 0 radical (unpaired) electrons. The first kappa shape index (κ1) is 19.3. The first-order valence-electron chi connectivity index (χ1n) is 11.9. The molecule has 0 spiro atoms. The second-order valence-corrected chi connectivity index (χ2v) is 9.13. The number of carbonyl (C=O) groups is 1. The molecule has 0 aliphatic carbocycles. The van der Waals surface area contributed by atoms with Crippen LogP contribution in [0.2, 0.25) is 0 Å². The maximum absolute atomic E-state index is 14.8. The van der Waals surface area contributed by atoms with Crippen molar-refractivity contribution < 1.29 is 4.79 Å². The highest BCUT2D eigenvalue weighted by Gasteiger charge is 2.25. The molecular weight excluding hydrogens is 444 g/mol. The summed E-state index contributed by atoms with van der Waals surface area (Å²) in [4.78, 5) is 31.7. The standard InChI is InChI=1S/C31H18N4O/c36-31(25-17-9-1-5-13-21(17)32-27-19-11-3-7-15-23(19)34-29(25)27)26-18-10-2-6-14-22(18)33-28-20-12-4-8-16-24(20)35-30(26)28/h1-16,34-35H. The van der Waals surface area contributed by atoms with Crippen LogP contribution in [0.15, 0.2) is 97.1 Å². The first-order valence-corrected chi connectivity index (χ1v) is 11.9. The van der Waals surface area contributed by atoms with E-state index in [2.05, 4.69) is 9.97 Å². The molecule has 0 fully saturated rings. The van der Waals surface area contributed by atoms with Crippen molar-refractivity contribution in [3.05, 3.63) is 108 Å². The minimum atomic E-state index is -0.0553. The minimum absolute atomic E-state index is 0.0553. The second-order valence-electron chi connectivity index (χ2n) is 9.13. The van der Waals surface area contributed by atoms with Crippen LogP contribution in [0.1, 0.15) is 15.9 Å². The number of hydrogen-bond donors (Lipinski definition) is 2. The third-order valence-electron chi connectivity index (χ3n) is 7.12. The zero-order valence-corrected chi connectivity index (χ0v) is 19.0. The van der Waals surface area contributed by atoms with Crippen LogP contribution in [0.5, 0.6) is 0 Å². The number of fused-ring (bicyclic) bond motifs is 8. The molecule has 8 aromatic rings. The van der Waals surface area contributed by atoms with E-state index in [1.807, 2.05) is 97.1 Å². The van der Waals surface area contributed by atoms with Gasteiger partial charge in [-0.2, -0.15) is 0 Å². The molecule has 0 atom stereocenters. The van der Waals surface area contributed by atoms with Crippen LogP contribution in [0.3, 0.4) is 0 Å². The molecule has 4 aromatic carbocycles. The van der Waals surface area contributed by atoms with Crippen LogP contribution in [0.4, 0.5) is 0 Å². The highest BCUT2D eigenvalue weighted by Crippen LogP contribution is 2.37. The lowest BCUT2D eigenvalue weighted by Gasteiger charge is -2.11. The van der Waals surface area contributed by atoms with Crippen LogP contribution in [-0.4, -0.2) is 25.7 Å². The largest absolute Gasteiger partial charge is 0.353 e. The van der Waals surface area contributed by atoms with Crippen molar-refractivity contribution in [2.75, 3.05) is 0 Å². The molecule has 5 nitrogen and oxygen atoms in total. The summed E-state index contributed by atoms with van der Waals surface area (Å²) >= 11 is 0. The summed E-state index contributed by atoms with van der Waals surface area (Å²) in [5, 5.41) is 3.66. The molecule has 168 valence electrons. The highest BCUT2D eigenvalue weighted by molar-refractivity contribution is 6.32. The van der Waals surface area contributed by atoms with E-state index in [4.69, 9.17) is 9.97 Å². The Morgan fingerprint density at radius 2 is 0.889 bits per heavy atom. The van der Waals surface area contributed by atoms with Gasteiger partial charge in [0, 0.05) is 32.6 Å². The molecule has 0 amide bonds. The predicted octanol–water partition coefficient (Wildman–Crippen LogP) is 7.28. The Morgan fingerprint density at radius 3 is 1.36 bits per heavy atom. The minimum Gasteiger partial charge on any atom is -0.353 e. The molecule has 8 rings (SSSR count). The summed E-state index contributed by atoms with van der Waals surface area (Å²) < 4.78 is 0. The lowest BCUT2D eigenvalue weighted by atomic mass is 9.94. The number of pyridine rings is 2. The zero-order chi connectivity index (χ0) is 23.8. The zero-order valence-electron chi connectivity index (χ0n) is 19.0. The summed E-state index contributed by atoms with van der Waals surface area (Å²) in [6.45, 7) is 0. The maximum atomic E-state index is 14.8. The third-order valence-corrected chi connectivity index (χ3v) is 7.12. The van der Waals surface area contributed by atoms with E-state index in [1.54, 1.807) is 0 Å². The van der Waals surface area contributed by atoms with Crippen molar-refractivity contribution in [1.29, 1.82) is 0 Å². The normalized spacial score (nSPS) is 12.0. The van der Waals surface area contributed by atoms with Gasteiger partial charge in [0.1, 0.15) is 0 Å². The summed E-state index contributed by atoms with van der Waals surface area (Å²) in [6, 6.07) is 31.8. The van der Waals surface area contributed by atoms with E-state index in [9.17, 15) is 4.79 Å². The molecule has 5 heteroatoms. The van der Waals surface area contributed by atoms with Gasteiger partial charge >= 0.3 is 0 Å². The van der Waals surface area contributed by atoms with Crippen molar-refractivity contribution in [1.82, 2.24) is 19.9 Å². The van der Waals surface area contributed by atoms with Crippen molar-refractivity contribution in [3.8, 4) is 0 Å². The van der Waals surface area contributed by atoms with Gasteiger partial charge in [-0.3, -0.25) is 4.79 Å². The molecule has 2 N–H and O–H groups in total. The van der Waals surface area contributed by atoms with Gasteiger partial charge in [0.25, 0.3) is 0 Å². The van der Waals surface area contributed by atoms with Gasteiger partial charge in [-0.1, -0.05) is 72.8 Å². The average molecular weight is 463 g/mol. The van der Waals surface area contributed by atoms with Gasteiger partial charge < -0.3 is 9.97 Å². The van der Waals surface area contributed by atoms with E-state index >= 15 is 0 Å². The summed E-state index contributed by atoms with van der Waals surface area (Å²) in [5.74, 6) is -0.0553. The van der Waals surface area contributed by atoms with Crippen molar-refractivity contribution in [3.63, 3.8) is 0 Å². The smallest absolute Gasteiger partial charge is 0.198 e. The lowest BCUT2D eigenvalue weighted by Crippen LogP contribution is -2.07. The van der Waals surface area contributed by atoms with Gasteiger partial charge in [0.2, 0.25) is 0 Å². The number of para-hydroxylation sites is 4. The van der Waals surface area contributed by atoms with Crippen molar-refractivity contribution >= 4 is 71.5 Å². The van der Waals surface area contributed by atoms with Crippen LogP contribution < -0.4 is 0 Å². The SMILES string of the molecule is O=C(c1c2ccccc2nc2c1[nH]c1ccccc12)c1c2ccccc2nc2c1[nH]c1ccccc12. The highest BCUT2D eigenvalue weighted by atomic mass is 16.1. The average Bonchev–Trinajstić information content (AvgIpc) is 3.48. The van der Waals surface area contributed by atoms with Crippen LogP contribution in [-0.2, 0) is 0 Å². The molecule has 4 heterocycles. The molecule has 0 saturated heterocycles. The number of benzene rings is 4. The Bertz CT molecular complexity index is 2030. The molecular formula is C31H18N4O. The van der Waals surface area contributed by atoms with E-state index in [-0.39, 0.29) is 5.78 Å². The Morgan fingerprint density at radius 1 is 0.500 bits per heavy atom. The second kappa shape index (κ2) is 6.99. The van der Waals surface area contributed by atoms with Crippen LogP contribution in [0, 0.1) is 0 Å². The monoisotopic (exact) mass is 462 g/mol.